The maximum Gasteiger partial charge on any atom is 0.202 e. The van der Waals surface area contributed by atoms with Crippen LogP contribution in [0.15, 0.2) is 75.5 Å². The van der Waals surface area contributed by atoms with Crippen molar-refractivity contribution in [2.24, 2.45) is 0 Å². The van der Waals surface area contributed by atoms with Gasteiger partial charge in [-0.05, 0) is 41.1 Å². The first-order chi connectivity index (χ1) is 15.5. The fraction of sp³-hybridized carbons (Fsp3) is 0.222. The zero-order chi connectivity index (χ0) is 24.3. The van der Waals surface area contributed by atoms with E-state index in [1.54, 1.807) is 18.2 Å². The topological polar surface area (TPSA) is 80.4 Å². The maximum atomic E-state index is 12.8. The summed E-state index contributed by atoms with van der Waals surface area (Å²) in [5, 5.41) is 9.41. The molecule has 0 fully saturated rings. The molecule has 7 heteroatoms. The quantitative estimate of drug-likeness (QED) is 0.118. The van der Waals surface area contributed by atoms with Gasteiger partial charge in [-0.3, -0.25) is 9.59 Å². The molecule has 1 radical (unpaired) electrons. The second kappa shape index (κ2) is 10.9. The summed E-state index contributed by atoms with van der Waals surface area (Å²) in [6.07, 6.45) is 1.88. The summed E-state index contributed by atoms with van der Waals surface area (Å²) in [5.41, 5.74) is 3.73. The molecule has 4 aromatic rings. The molecule has 4 rings (SSSR count). The molecule has 0 atom stereocenters. The zero-order valence-electron chi connectivity index (χ0n) is 19.5. The number of para-hydroxylation sites is 1. The van der Waals surface area contributed by atoms with Crippen LogP contribution >= 0.6 is 0 Å². The van der Waals surface area contributed by atoms with Gasteiger partial charge in [0.1, 0.15) is 11.3 Å². The van der Waals surface area contributed by atoms with Gasteiger partial charge >= 0.3 is 0 Å². The molecule has 0 aliphatic heterocycles. The van der Waals surface area contributed by atoms with Crippen molar-refractivity contribution in [3.63, 3.8) is 0 Å². The van der Waals surface area contributed by atoms with E-state index in [1.165, 1.54) is 0 Å². The van der Waals surface area contributed by atoms with Gasteiger partial charge in [0.2, 0.25) is 5.83 Å². The number of aromatic nitrogens is 1. The largest absolute Gasteiger partial charge is 0.509 e. The van der Waals surface area contributed by atoms with Gasteiger partial charge in [0.25, 0.3) is 0 Å². The second-order valence-corrected chi connectivity index (χ2v) is 8.66. The predicted molar refractivity (Wildman–Crippen MR) is 128 cm³/mol. The number of carbonyl (C=O) groups excluding carboxylic acids is 1. The van der Waals surface area contributed by atoms with Gasteiger partial charge in [-0.25, -0.2) is 0 Å². The molecular formula is C27H25FIrNO4-. The number of benzene rings is 2. The molecule has 34 heavy (non-hydrogen) atoms. The molecular weight excluding hydrogens is 614 g/mol. The first-order valence-electron chi connectivity index (χ1n) is 10.4. The van der Waals surface area contributed by atoms with E-state index < -0.39 is 17.4 Å². The number of halogens is 1. The van der Waals surface area contributed by atoms with Crippen LogP contribution in [0.4, 0.5) is 4.39 Å². The van der Waals surface area contributed by atoms with E-state index in [-0.39, 0.29) is 30.9 Å². The summed E-state index contributed by atoms with van der Waals surface area (Å²) in [6, 6.07) is 18.0. The molecule has 179 valence electrons. The van der Waals surface area contributed by atoms with Gasteiger partial charge in [-0.2, -0.15) is 4.39 Å². The number of hydrogen-bond acceptors (Lipinski definition) is 5. The minimum absolute atomic E-state index is 0. The van der Waals surface area contributed by atoms with Gasteiger partial charge in [-0.15, -0.1) is 18.2 Å². The molecule has 0 saturated heterocycles. The Hall–Kier alpha value is -3.15. The van der Waals surface area contributed by atoms with E-state index in [2.05, 4.69) is 37.9 Å². The Bertz CT molecular complexity index is 1410. The van der Waals surface area contributed by atoms with Crippen molar-refractivity contribution in [3.05, 3.63) is 88.2 Å². The van der Waals surface area contributed by atoms with Crippen LogP contribution in [-0.4, -0.2) is 15.9 Å². The van der Waals surface area contributed by atoms with Crippen molar-refractivity contribution in [2.45, 2.75) is 40.0 Å². The maximum absolute atomic E-state index is 12.8. The third-order valence-electron chi connectivity index (χ3n) is 5.05. The molecule has 2 aromatic carbocycles. The van der Waals surface area contributed by atoms with Gasteiger partial charge in [-0.1, -0.05) is 50.6 Å². The number of Topliss-reactive ketones (excluding diaryl/α,β-unsaturated/α-hetero) is 1. The van der Waals surface area contributed by atoms with Crippen molar-refractivity contribution < 1.29 is 38.8 Å². The Morgan fingerprint density at radius 3 is 2.26 bits per heavy atom. The number of allylic oxidation sites excluding steroid dienone is 2. The number of carbonyl (C=O) groups is 1. The monoisotopic (exact) mass is 639 g/mol. The third-order valence-corrected chi connectivity index (χ3v) is 5.05. The Morgan fingerprint density at radius 2 is 1.74 bits per heavy atom. The number of aliphatic hydroxyl groups excluding tert-OH is 1. The number of rotatable bonds is 2. The Morgan fingerprint density at radius 1 is 1.06 bits per heavy atom. The summed E-state index contributed by atoms with van der Waals surface area (Å²) in [4.78, 5) is 27.3. The fourth-order valence-corrected chi connectivity index (χ4v) is 3.20. The minimum Gasteiger partial charge on any atom is -0.509 e. The van der Waals surface area contributed by atoms with Gasteiger partial charge in [0.15, 0.2) is 11.2 Å². The Labute approximate surface area is 210 Å². The van der Waals surface area contributed by atoms with Crippen molar-refractivity contribution in [1.82, 2.24) is 4.98 Å². The van der Waals surface area contributed by atoms with Crippen LogP contribution in [0.25, 0.3) is 33.2 Å². The summed E-state index contributed by atoms with van der Waals surface area (Å²) < 4.78 is 18.0. The summed E-state index contributed by atoms with van der Waals surface area (Å²) in [5.74, 6) is -2.37. The molecule has 2 heterocycles. The van der Waals surface area contributed by atoms with Crippen molar-refractivity contribution >= 4 is 27.7 Å². The fourth-order valence-electron chi connectivity index (χ4n) is 3.20. The first-order valence-corrected chi connectivity index (χ1v) is 10.4. The number of nitrogens with zero attached hydrogens (tertiary/aromatic N) is 1. The normalized spacial score (nSPS) is 11.8. The minimum atomic E-state index is -1.06. The molecule has 0 saturated carbocycles. The van der Waals surface area contributed by atoms with Crippen molar-refractivity contribution in [2.75, 3.05) is 0 Å². The summed E-state index contributed by atoms with van der Waals surface area (Å²) >= 11 is 0. The zero-order valence-corrected chi connectivity index (χ0v) is 21.9. The number of fused-ring (bicyclic) bond motifs is 2. The van der Waals surface area contributed by atoms with Crippen LogP contribution in [0.2, 0.25) is 0 Å². The van der Waals surface area contributed by atoms with Gasteiger partial charge < -0.3 is 14.5 Å². The van der Waals surface area contributed by atoms with Crippen LogP contribution < -0.4 is 5.43 Å². The van der Waals surface area contributed by atoms with Crippen molar-refractivity contribution in [1.29, 1.82) is 0 Å². The Kier molecular flexibility index (Phi) is 8.65. The van der Waals surface area contributed by atoms with Crippen LogP contribution in [0.3, 0.4) is 0 Å². The van der Waals surface area contributed by atoms with Gasteiger partial charge in [0, 0.05) is 33.2 Å². The van der Waals surface area contributed by atoms with E-state index in [0.717, 1.165) is 25.1 Å². The third kappa shape index (κ3) is 5.85. The van der Waals surface area contributed by atoms with Crippen LogP contribution in [0, 0.1) is 6.07 Å². The molecule has 0 spiro atoms. The van der Waals surface area contributed by atoms with Crippen LogP contribution in [0.1, 0.15) is 40.2 Å². The smallest absolute Gasteiger partial charge is 0.202 e. The first kappa shape index (κ1) is 27.1. The van der Waals surface area contributed by atoms with Gasteiger partial charge in [0.05, 0.1) is 11.0 Å². The molecule has 2 aromatic heterocycles. The number of ketones is 1. The number of aliphatic hydroxyl groups is 1. The summed E-state index contributed by atoms with van der Waals surface area (Å²) in [6.45, 7) is 8.63. The van der Waals surface area contributed by atoms with Crippen molar-refractivity contribution in [3.8, 4) is 11.3 Å². The number of pyridine rings is 1. The van der Waals surface area contributed by atoms with Crippen LogP contribution in [-0.2, 0) is 30.3 Å². The second-order valence-electron chi connectivity index (χ2n) is 8.66. The predicted octanol–water partition coefficient (Wildman–Crippen LogP) is 6.44. The number of hydrogen-bond donors (Lipinski definition) is 1. The van der Waals surface area contributed by atoms with E-state index in [9.17, 15) is 14.0 Å². The molecule has 0 unspecified atom stereocenters. The summed E-state index contributed by atoms with van der Waals surface area (Å²) in [7, 11) is 0. The molecule has 5 nitrogen and oxygen atoms in total. The standard InChI is InChI=1S/C22H18NO2.C5H7FO2.Ir/c1-22(2,3)14-11-12-18(23-13-14)15-8-6-9-17-20(24)16-7-4-5-10-19(16)25-21(15)17;1-3(7)5(6)4(2)8;/h4-7,9-13H,1-3H3;7H,1-2H3;/q-1;;/b;5-3+;. The SMILES string of the molecule is CC(=O)/C(F)=C(/C)O.CC(C)(C)c1ccc(-c2[c-]ccc3c(=O)c4ccccc4oc23)nc1.[Ir]. The average Bonchev–Trinajstić information content (AvgIpc) is 2.78. The van der Waals surface area contributed by atoms with Crippen LogP contribution in [0.5, 0.6) is 0 Å². The molecule has 0 bridgehead atoms. The Balaban J connectivity index is 0.000000394. The molecule has 0 amide bonds. The van der Waals surface area contributed by atoms with E-state index in [4.69, 9.17) is 9.52 Å². The van der Waals surface area contributed by atoms with E-state index in [1.807, 2.05) is 30.5 Å². The van der Waals surface area contributed by atoms with E-state index >= 15 is 0 Å². The van der Waals surface area contributed by atoms with E-state index in [0.29, 0.717) is 27.5 Å². The molecule has 0 aliphatic carbocycles. The molecule has 0 aliphatic rings. The average molecular weight is 639 g/mol. The molecule has 1 N–H and O–H groups in total.